The lowest BCUT2D eigenvalue weighted by atomic mass is 9.82. The second-order valence-electron chi connectivity index (χ2n) is 11.6. The molecule has 2 amide bonds. The van der Waals surface area contributed by atoms with E-state index >= 15 is 0 Å². The molecule has 0 atom stereocenters. The smallest absolute Gasteiger partial charge is 0.410 e. The molecule has 0 spiro atoms. The van der Waals surface area contributed by atoms with Crippen molar-refractivity contribution in [3.63, 3.8) is 0 Å². The summed E-state index contributed by atoms with van der Waals surface area (Å²) in [6.45, 7) is 9.61. The van der Waals surface area contributed by atoms with Crippen LogP contribution in [-0.4, -0.2) is 50.6 Å². The van der Waals surface area contributed by atoms with E-state index in [0.717, 1.165) is 25.6 Å². The summed E-state index contributed by atoms with van der Waals surface area (Å²) in [7, 11) is -3.97. The lowest BCUT2D eigenvalue weighted by molar-refractivity contribution is -0.125. The van der Waals surface area contributed by atoms with Gasteiger partial charge in [0.25, 0.3) is 10.0 Å². The van der Waals surface area contributed by atoms with Gasteiger partial charge in [0.05, 0.1) is 23.7 Å². The number of hydrogen-bond donors (Lipinski definition) is 1. The van der Waals surface area contributed by atoms with Crippen molar-refractivity contribution in [2.24, 2.45) is 0 Å². The van der Waals surface area contributed by atoms with Crippen molar-refractivity contribution < 1.29 is 22.7 Å². The molecule has 3 aromatic carbocycles. The zero-order valence-electron chi connectivity index (χ0n) is 24.3. The predicted molar refractivity (Wildman–Crippen MR) is 171 cm³/mol. The maximum atomic E-state index is 13.8. The summed E-state index contributed by atoms with van der Waals surface area (Å²) >= 11 is 6.81. The van der Waals surface area contributed by atoms with Crippen molar-refractivity contribution >= 4 is 59.6 Å². The van der Waals surface area contributed by atoms with Crippen LogP contribution < -0.4 is 9.62 Å². The van der Waals surface area contributed by atoms with Gasteiger partial charge in [-0.15, -0.1) is 0 Å². The minimum Gasteiger partial charge on any atom is -0.444 e. The summed E-state index contributed by atoms with van der Waals surface area (Å²) in [4.78, 5) is 27.9. The first-order chi connectivity index (χ1) is 19.6. The zero-order chi connectivity index (χ0) is 30.9. The summed E-state index contributed by atoms with van der Waals surface area (Å²) in [6, 6.07) is 19.6. The van der Waals surface area contributed by atoms with Crippen molar-refractivity contribution in [3.05, 3.63) is 92.4 Å². The summed E-state index contributed by atoms with van der Waals surface area (Å²) < 4.78 is 36.1. The van der Waals surface area contributed by atoms with Gasteiger partial charge in [-0.25, -0.2) is 13.2 Å². The number of ether oxygens (including phenoxy) is 1. The maximum Gasteiger partial charge on any atom is 0.410 e. The van der Waals surface area contributed by atoms with E-state index in [9.17, 15) is 18.0 Å². The van der Waals surface area contributed by atoms with Gasteiger partial charge in [0.1, 0.15) is 11.1 Å². The average Bonchev–Trinajstić information content (AvgIpc) is 2.85. The van der Waals surface area contributed by atoms with Crippen molar-refractivity contribution in [1.29, 1.82) is 0 Å². The fourth-order valence-corrected chi connectivity index (χ4v) is 6.89. The Hall–Kier alpha value is -2.89. The summed E-state index contributed by atoms with van der Waals surface area (Å²) in [5.41, 5.74) is 1.68. The molecule has 1 aliphatic heterocycles. The first-order valence-electron chi connectivity index (χ1n) is 13.5. The minimum absolute atomic E-state index is 0.0701. The lowest BCUT2D eigenvalue weighted by Gasteiger charge is -2.50. The molecule has 0 aliphatic carbocycles. The van der Waals surface area contributed by atoms with Crippen LogP contribution in [0.2, 0.25) is 0 Å². The van der Waals surface area contributed by atoms with Gasteiger partial charge in [-0.2, -0.15) is 0 Å². The van der Waals surface area contributed by atoms with Gasteiger partial charge in [-0.05, 0) is 99.8 Å². The SMILES string of the molecule is Cc1cc(C)cc(N(CCC(=O)NC2(c3ccc(Br)cc3)CN(C(=O)OC(C)(C)C)C2)S(=O)(=O)c2ccc(Br)cc2)c1. The van der Waals surface area contributed by atoms with Gasteiger partial charge in [0.2, 0.25) is 5.91 Å². The second-order valence-corrected chi connectivity index (χ2v) is 15.3. The number of carbonyl (C=O) groups excluding carboxylic acids is 2. The van der Waals surface area contributed by atoms with E-state index in [0.29, 0.717) is 5.69 Å². The Morgan fingerprint density at radius 2 is 1.45 bits per heavy atom. The average molecular weight is 722 g/mol. The molecule has 1 saturated heterocycles. The minimum atomic E-state index is -3.97. The molecule has 224 valence electrons. The predicted octanol–water partition coefficient (Wildman–Crippen LogP) is 6.68. The van der Waals surface area contributed by atoms with Gasteiger partial charge in [-0.1, -0.05) is 50.1 Å². The van der Waals surface area contributed by atoms with Crippen LogP contribution in [0.15, 0.2) is 80.6 Å². The maximum absolute atomic E-state index is 13.8. The van der Waals surface area contributed by atoms with Gasteiger partial charge in [0.15, 0.2) is 0 Å². The highest BCUT2D eigenvalue weighted by Gasteiger charge is 2.49. The number of nitrogens with one attached hydrogen (secondary N) is 1. The summed E-state index contributed by atoms with van der Waals surface area (Å²) in [5, 5.41) is 3.11. The Morgan fingerprint density at radius 1 is 0.929 bits per heavy atom. The lowest BCUT2D eigenvalue weighted by Crippen LogP contribution is -2.69. The van der Waals surface area contributed by atoms with E-state index < -0.39 is 27.3 Å². The number of nitrogens with zero attached hydrogens (tertiary/aromatic N) is 2. The molecule has 0 aromatic heterocycles. The molecule has 1 heterocycles. The van der Waals surface area contributed by atoms with Gasteiger partial charge in [-0.3, -0.25) is 9.10 Å². The molecule has 42 heavy (non-hydrogen) atoms. The van der Waals surface area contributed by atoms with Crippen LogP contribution in [0.5, 0.6) is 0 Å². The highest BCUT2D eigenvalue weighted by Crippen LogP contribution is 2.34. The third-order valence-corrected chi connectivity index (χ3v) is 9.69. The van der Waals surface area contributed by atoms with E-state index in [2.05, 4.69) is 37.2 Å². The zero-order valence-corrected chi connectivity index (χ0v) is 28.3. The Labute approximate surface area is 264 Å². The molecule has 0 radical (unpaired) electrons. The van der Waals surface area contributed by atoms with E-state index in [-0.39, 0.29) is 36.9 Å². The highest BCUT2D eigenvalue weighted by molar-refractivity contribution is 9.10. The van der Waals surface area contributed by atoms with Crippen LogP contribution in [0.3, 0.4) is 0 Å². The Balaban J connectivity index is 1.58. The molecule has 11 heteroatoms. The number of benzene rings is 3. The molecule has 0 bridgehead atoms. The largest absolute Gasteiger partial charge is 0.444 e. The quantitative estimate of drug-likeness (QED) is 0.280. The van der Waals surface area contributed by atoms with Crippen molar-refractivity contribution in [3.8, 4) is 0 Å². The van der Waals surface area contributed by atoms with Gasteiger partial charge >= 0.3 is 6.09 Å². The molecule has 0 saturated carbocycles. The first-order valence-corrected chi connectivity index (χ1v) is 16.5. The number of likely N-dealkylation sites (tertiary alicyclic amines) is 1. The number of carbonyl (C=O) groups is 2. The van der Waals surface area contributed by atoms with E-state index in [1.54, 1.807) is 49.9 Å². The van der Waals surface area contributed by atoms with Gasteiger partial charge < -0.3 is 15.0 Å². The number of hydrogen-bond acceptors (Lipinski definition) is 5. The Bertz CT molecular complexity index is 1540. The van der Waals surface area contributed by atoms with Crippen molar-refractivity contribution in [1.82, 2.24) is 10.2 Å². The normalized spacial score (nSPS) is 14.6. The molecule has 1 fully saturated rings. The van der Waals surface area contributed by atoms with Gasteiger partial charge in [0, 0.05) is 21.9 Å². The number of amides is 2. The fourth-order valence-electron chi connectivity index (χ4n) is 4.91. The number of aryl methyl sites for hydroxylation is 2. The molecule has 1 N–H and O–H groups in total. The van der Waals surface area contributed by atoms with Crippen LogP contribution in [-0.2, 0) is 25.1 Å². The molecule has 1 aliphatic rings. The standard InChI is InChI=1S/C31H35Br2N3O5S/c1-21-16-22(2)18-26(17-21)36(42(39,40)27-12-10-25(33)11-13-27)15-14-28(37)34-31(23-6-8-24(32)9-7-23)19-35(20-31)29(38)41-30(3,4)5/h6-13,16-18H,14-15,19-20H2,1-5H3,(H,34,37). The molecule has 0 unspecified atom stereocenters. The van der Waals surface area contributed by atoms with E-state index in [1.807, 2.05) is 44.2 Å². The summed E-state index contributed by atoms with van der Waals surface area (Å²) in [5.74, 6) is -0.331. The monoisotopic (exact) mass is 719 g/mol. The van der Waals surface area contributed by atoms with Crippen molar-refractivity contribution in [2.75, 3.05) is 23.9 Å². The number of sulfonamides is 1. The van der Waals surface area contributed by atoms with Crippen LogP contribution in [0, 0.1) is 13.8 Å². The molecule has 4 rings (SSSR count). The summed E-state index contributed by atoms with van der Waals surface area (Å²) in [6.07, 6.45) is -0.543. The molecular formula is C31H35Br2N3O5S. The van der Waals surface area contributed by atoms with Crippen LogP contribution >= 0.6 is 31.9 Å². The third-order valence-electron chi connectivity index (χ3n) is 6.79. The van der Waals surface area contributed by atoms with Crippen LogP contribution in [0.4, 0.5) is 10.5 Å². The van der Waals surface area contributed by atoms with E-state index in [1.165, 1.54) is 16.4 Å². The number of rotatable bonds is 8. The van der Waals surface area contributed by atoms with Crippen LogP contribution in [0.1, 0.15) is 43.9 Å². The molecule has 3 aromatic rings. The second kappa shape index (κ2) is 12.4. The Morgan fingerprint density at radius 3 is 1.98 bits per heavy atom. The molecule has 8 nitrogen and oxygen atoms in total. The third kappa shape index (κ3) is 7.54. The number of anilines is 1. The number of halogens is 2. The Kier molecular flexibility index (Phi) is 9.44. The highest BCUT2D eigenvalue weighted by atomic mass is 79.9. The molecular weight excluding hydrogens is 686 g/mol. The van der Waals surface area contributed by atoms with Crippen LogP contribution in [0.25, 0.3) is 0 Å². The van der Waals surface area contributed by atoms with Crippen molar-refractivity contribution in [2.45, 2.75) is 57.1 Å². The van der Waals surface area contributed by atoms with E-state index in [4.69, 9.17) is 4.74 Å². The topological polar surface area (TPSA) is 96.0 Å². The first kappa shape index (κ1) is 32.0. The fraction of sp³-hybridized carbons (Fsp3) is 0.355.